The molecular formula is C48H60N8O2+4. The minimum absolute atomic E-state index is 0. The molecule has 0 bridgehead atoms. The van der Waals surface area contributed by atoms with E-state index in [1.54, 1.807) is 0 Å². The van der Waals surface area contributed by atoms with E-state index >= 15 is 0 Å². The number of para-hydroxylation sites is 2. The summed E-state index contributed by atoms with van der Waals surface area (Å²) in [5, 5.41) is 0. The molecule has 6 heterocycles. The highest BCUT2D eigenvalue weighted by Crippen LogP contribution is 2.35. The molecule has 2 aliphatic rings. The van der Waals surface area contributed by atoms with E-state index in [0.717, 1.165) is 81.6 Å². The van der Waals surface area contributed by atoms with Crippen LogP contribution in [-0.4, -0.2) is 86.4 Å². The van der Waals surface area contributed by atoms with E-state index in [2.05, 4.69) is 111 Å². The lowest BCUT2D eigenvalue weighted by molar-refractivity contribution is -0.909. The van der Waals surface area contributed by atoms with Crippen LogP contribution in [0.2, 0.25) is 0 Å². The molecule has 0 radical (unpaired) electrons. The number of benzene rings is 2. The lowest BCUT2D eigenvalue weighted by atomic mass is 9.99. The molecule has 0 amide bonds. The Labute approximate surface area is 343 Å². The minimum atomic E-state index is 0. The Balaban J connectivity index is 0.00000512. The highest BCUT2D eigenvalue weighted by molar-refractivity contribution is 5.95. The summed E-state index contributed by atoms with van der Waals surface area (Å²) >= 11 is 0. The maximum absolute atomic E-state index is 6.06. The smallest absolute Gasteiger partial charge is 0.370 e. The Morgan fingerprint density at radius 3 is 1.41 bits per heavy atom. The van der Waals surface area contributed by atoms with Crippen molar-refractivity contribution in [1.29, 1.82) is 0 Å². The van der Waals surface area contributed by atoms with Crippen molar-refractivity contribution < 1.29 is 26.9 Å². The fraction of sp³-hybridized carbons (Fsp3) is 0.333. The van der Waals surface area contributed by atoms with E-state index in [0.29, 0.717) is 11.8 Å². The number of aryl methyl sites for hydroxylation is 2. The summed E-state index contributed by atoms with van der Waals surface area (Å²) in [5.74, 6) is 1.24. The zero-order valence-corrected chi connectivity index (χ0v) is 34.3. The number of hydrogen-bond donors (Lipinski definition) is 0. The van der Waals surface area contributed by atoms with Crippen molar-refractivity contribution in [2.75, 3.05) is 77.3 Å². The highest BCUT2D eigenvalue weighted by atomic mass is 16.4. The van der Waals surface area contributed by atoms with Gasteiger partial charge in [-0.2, -0.15) is 0 Å². The van der Waals surface area contributed by atoms with Gasteiger partial charge in [0.25, 0.3) is 0 Å². The second kappa shape index (κ2) is 16.9. The fourth-order valence-corrected chi connectivity index (χ4v) is 8.20. The molecular weight excluding hydrogens is 721 g/mol. The summed E-state index contributed by atoms with van der Waals surface area (Å²) < 4.78 is 18.1. The largest absolute Gasteiger partial charge is 0.411 e. The van der Waals surface area contributed by atoms with Crippen LogP contribution in [0.4, 0.5) is 11.4 Å². The summed E-state index contributed by atoms with van der Waals surface area (Å²) in [7, 11) is 13.5. The van der Waals surface area contributed by atoms with Crippen molar-refractivity contribution >= 4 is 57.1 Å². The lowest BCUT2D eigenvalue weighted by Gasteiger charge is -2.35. The number of aromatic nitrogens is 4. The molecule has 4 aromatic heterocycles. The Kier molecular flexibility index (Phi) is 11.8. The SMILES string of the molecule is C.C[n+]1cccc2oc(/C=C3\C=CN(CCC[N+](C)(C)CCC[N+](C)(C)CCCN4C=C/C(=C\c5nc6c(ccc[n+]6C)o5)c5ccccc54)c4ccccc43)nc21. The van der Waals surface area contributed by atoms with Crippen molar-refractivity contribution in [2.24, 2.45) is 14.1 Å². The molecule has 10 nitrogen and oxygen atoms in total. The second-order valence-corrected chi connectivity index (χ2v) is 16.8. The topological polar surface area (TPSA) is 66.3 Å². The first-order chi connectivity index (χ1) is 27.5. The lowest BCUT2D eigenvalue weighted by Crippen LogP contribution is -2.47. The van der Waals surface area contributed by atoms with Crippen LogP contribution in [0.1, 0.15) is 49.6 Å². The number of hydrogen-bond acceptors (Lipinski definition) is 6. The number of nitrogens with zero attached hydrogens (tertiary/aromatic N) is 8. The third-order valence-electron chi connectivity index (χ3n) is 11.4. The fourth-order valence-electron chi connectivity index (χ4n) is 8.20. The average Bonchev–Trinajstić information content (AvgIpc) is 3.81. The zero-order valence-electron chi connectivity index (χ0n) is 34.3. The van der Waals surface area contributed by atoms with Crippen LogP contribution >= 0.6 is 0 Å². The van der Waals surface area contributed by atoms with Gasteiger partial charge in [0.15, 0.2) is 0 Å². The molecule has 0 atom stereocenters. The normalized spacial score (nSPS) is 15.4. The molecule has 6 aromatic rings. The van der Waals surface area contributed by atoms with E-state index < -0.39 is 0 Å². The summed E-state index contributed by atoms with van der Waals surface area (Å²) in [6, 6.07) is 25.2. The maximum atomic E-state index is 6.06. The summed E-state index contributed by atoms with van der Waals surface area (Å²) in [4.78, 5) is 14.3. The number of anilines is 2. The first kappa shape index (κ1) is 40.4. The van der Waals surface area contributed by atoms with E-state index in [4.69, 9.17) is 18.8 Å². The van der Waals surface area contributed by atoms with Gasteiger partial charge in [-0.15, -0.1) is 0 Å². The molecule has 0 saturated heterocycles. The molecule has 0 fully saturated rings. The highest BCUT2D eigenvalue weighted by Gasteiger charge is 2.24. The van der Waals surface area contributed by atoms with Crippen molar-refractivity contribution in [3.63, 3.8) is 0 Å². The average molecular weight is 781 g/mol. The first-order valence-corrected chi connectivity index (χ1v) is 20.2. The number of fused-ring (bicyclic) bond motifs is 4. The van der Waals surface area contributed by atoms with Crippen molar-refractivity contribution in [2.45, 2.75) is 26.7 Å². The van der Waals surface area contributed by atoms with E-state index in [-0.39, 0.29) is 7.43 Å². The van der Waals surface area contributed by atoms with E-state index in [1.807, 2.05) is 72.0 Å². The summed E-state index contributed by atoms with van der Waals surface area (Å²) in [6.07, 6.45) is 20.3. The van der Waals surface area contributed by atoms with Crippen LogP contribution in [0.3, 0.4) is 0 Å². The van der Waals surface area contributed by atoms with Gasteiger partial charge in [0.2, 0.25) is 11.2 Å². The first-order valence-electron chi connectivity index (χ1n) is 20.2. The van der Waals surface area contributed by atoms with Gasteiger partial charge < -0.3 is 27.6 Å². The molecule has 2 aliphatic heterocycles. The number of oxazole rings is 2. The number of quaternary nitrogens is 2. The Morgan fingerprint density at radius 1 is 0.569 bits per heavy atom. The maximum Gasteiger partial charge on any atom is 0.370 e. The van der Waals surface area contributed by atoms with Gasteiger partial charge in [-0.25, -0.2) is 9.13 Å². The zero-order chi connectivity index (χ0) is 39.6. The molecule has 0 spiro atoms. The van der Waals surface area contributed by atoms with Crippen LogP contribution in [0.5, 0.6) is 0 Å². The van der Waals surface area contributed by atoms with Crippen molar-refractivity contribution in [3.05, 3.63) is 133 Å². The Bertz CT molecular complexity index is 2350. The van der Waals surface area contributed by atoms with Crippen molar-refractivity contribution in [1.82, 2.24) is 9.97 Å². The number of rotatable bonds is 14. The van der Waals surface area contributed by atoms with Gasteiger partial charge in [0.05, 0.1) is 80.9 Å². The second-order valence-electron chi connectivity index (χ2n) is 16.8. The number of allylic oxidation sites excluding steroid dienone is 4. The van der Waals surface area contributed by atoms with Gasteiger partial charge in [0.1, 0.15) is 0 Å². The van der Waals surface area contributed by atoms with Gasteiger partial charge >= 0.3 is 23.1 Å². The van der Waals surface area contributed by atoms with Crippen LogP contribution in [-0.2, 0) is 14.1 Å². The molecule has 0 aliphatic carbocycles. The van der Waals surface area contributed by atoms with Crippen LogP contribution in [0.15, 0.2) is 119 Å². The quantitative estimate of drug-likeness (QED) is 0.0825. The molecule has 0 N–H and O–H groups in total. The predicted octanol–water partition coefficient (Wildman–Crippen LogP) is 8.03. The monoisotopic (exact) mass is 780 g/mol. The van der Waals surface area contributed by atoms with Crippen LogP contribution < -0.4 is 18.9 Å². The molecule has 300 valence electrons. The molecule has 2 aromatic carbocycles. The third kappa shape index (κ3) is 8.98. The van der Waals surface area contributed by atoms with Gasteiger partial charge in [-0.3, -0.25) is 0 Å². The van der Waals surface area contributed by atoms with E-state index in [9.17, 15) is 0 Å². The predicted molar refractivity (Wildman–Crippen MR) is 236 cm³/mol. The third-order valence-corrected chi connectivity index (χ3v) is 11.4. The van der Waals surface area contributed by atoms with Crippen LogP contribution in [0.25, 0.3) is 45.8 Å². The van der Waals surface area contributed by atoms with Gasteiger partial charge in [0, 0.05) is 89.4 Å². The summed E-state index contributed by atoms with van der Waals surface area (Å²) in [6.45, 7) is 6.54. The molecule has 8 rings (SSSR count). The Hall–Kier alpha value is -5.84. The van der Waals surface area contributed by atoms with Gasteiger partial charge in [-0.1, -0.05) is 43.8 Å². The number of pyridine rings is 2. The Morgan fingerprint density at radius 2 is 0.983 bits per heavy atom. The molecule has 10 heteroatoms. The van der Waals surface area contributed by atoms with Gasteiger partial charge in [-0.05, 0) is 59.7 Å². The van der Waals surface area contributed by atoms with E-state index in [1.165, 1.54) is 42.0 Å². The van der Waals surface area contributed by atoms with Crippen molar-refractivity contribution in [3.8, 4) is 0 Å². The van der Waals surface area contributed by atoms with Crippen LogP contribution in [0, 0.1) is 0 Å². The summed E-state index contributed by atoms with van der Waals surface area (Å²) in [5.41, 5.74) is 10.3. The molecule has 0 saturated carbocycles. The molecule has 0 unspecified atom stereocenters. The molecule has 58 heavy (non-hydrogen) atoms. The minimum Gasteiger partial charge on any atom is -0.411 e. The standard InChI is InChI=1S/C47H56N8O2.CH4/c1-50-24-11-20-42-46(50)48-44(56-42)34-36-22-28-52(40-18-9-7-16-38(36)40)26-13-30-54(3,4)32-15-33-55(5,6)31-14-27-53-29-23-37(39-17-8-10-19-41(39)53)35-45-49-47-43(57-45)21-12-25-51(47)2;/h7-12,16-25,28-29,34-35H,13-15,26-27,30-33H2,1-6H3;1H4/q+4;.